The van der Waals surface area contributed by atoms with Gasteiger partial charge in [0.2, 0.25) is 0 Å². The normalized spacial score (nSPS) is 27.7. The second kappa shape index (κ2) is 6.72. The Hall–Kier alpha value is -1.85. The summed E-state index contributed by atoms with van der Waals surface area (Å²) >= 11 is 0. The summed E-state index contributed by atoms with van der Waals surface area (Å²) in [5, 5.41) is 41.0. The SMILES string of the molecule is OCCCNc1ncnc2c1ncn2[C@@H]1O[C@H](CO)C(O)C1O. The van der Waals surface area contributed by atoms with Crippen molar-refractivity contribution in [1.82, 2.24) is 19.5 Å². The Bertz CT molecular complexity index is 665. The van der Waals surface area contributed by atoms with Gasteiger partial charge in [0.25, 0.3) is 0 Å². The Balaban J connectivity index is 1.90. The first kappa shape index (κ1) is 16.0. The Labute approximate surface area is 131 Å². The number of ether oxygens (including phenoxy) is 1. The van der Waals surface area contributed by atoms with Gasteiger partial charge in [0, 0.05) is 13.2 Å². The summed E-state index contributed by atoms with van der Waals surface area (Å²) in [7, 11) is 0. The number of imidazole rings is 1. The molecule has 1 aliphatic rings. The molecule has 0 radical (unpaired) electrons. The first-order valence-corrected chi connectivity index (χ1v) is 7.32. The number of aromatic nitrogens is 4. The number of nitrogens with zero attached hydrogens (tertiary/aromatic N) is 4. The first-order valence-electron chi connectivity index (χ1n) is 7.32. The van der Waals surface area contributed by atoms with Gasteiger partial charge in [-0.3, -0.25) is 4.57 Å². The van der Waals surface area contributed by atoms with Gasteiger partial charge < -0.3 is 30.5 Å². The zero-order valence-corrected chi connectivity index (χ0v) is 12.3. The fourth-order valence-corrected chi connectivity index (χ4v) is 2.56. The van der Waals surface area contributed by atoms with Crippen molar-refractivity contribution in [2.24, 2.45) is 0 Å². The van der Waals surface area contributed by atoms with Gasteiger partial charge in [-0.15, -0.1) is 0 Å². The first-order chi connectivity index (χ1) is 11.2. The van der Waals surface area contributed by atoms with Crippen LogP contribution in [-0.4, -0.2) is 78.0 Å². The summed E-state index contributed by atoms with van der Waals surface area (Å²) < 4.78 is 6.98. The van der Waals surface area contributed by atoms with Crippen molar-refractivity contribution >= 4 is 17.0 Å². The fourth-order valence-electron chi connectivity index (χ4n) is 2.56. The van der Waals surface area contributed by atoms with E-state index in [1.54, 1.807) is 0 Å². The monoisotopic (exact) mass is 325 g/mol. The number of aliphatic hydroxyl groups excluding tert-OH is 4. The quantitative estimate of drug-likeness (QED) is 0.389. The van der Waals surface area contributed by atoms with Crippen molar-refractivity contribution < 1.29 is 25.2 Å². The highest BCUT2D eigenvalue weighted by molar-refractivity contribution is 5.82. The maximum Gasteiger partial charge on any atom is 0.167 e. The summed E-state index contributed by atoms with van der Waals surface area (Å²) in [4.78, 5) is 12.5. The van der Waals surface area contributed by atoms with E-state index >= 15 is 0 Å². The molecule has 10 nitrogen and oxygen atoms in total. The van der Waals surface area contributed by atoms with Crippen LogP contribution in [-0.2, 0) is 4.74 Å². The van der Waals surface area contributed by atoms with E-state index < -0.39 is 31.1 Å². The third kappa shape index (κ3) is 2.86. The number of fused-ring (bicyclic) bond motifs is 1. The van der Waals surface area contributed by atoms with Gasteiger partial charge in [-0.2, -0.15) is 0 Å². The predicted molar refractivity (Wildman–Crippen MR) is 78.5 cm³/mol. The Morgan fingerprint density at radius 3 is 2.70 bits per heavy atom. The van der Waals surface area contributed by atoms with Crippen molar-refractivity contribution in [3.05, 3.63) is 12.7 Å². The molecule has 2 aromatic rings. The lowest BCUT2D eigenvalue weighted by Gasteiger charge is -2.16. The van der Waals surface area contributed by atoms with Crippen LogP contribution in [0.1, 0.15) is 12.6 Å². The van der Waals surface area contributed by atoms with Gasteiger partial charge in [0.15, 0.2) is 23.2 Å². The molecular weight excluding hydrogens is 306 g/mol. The molecule has 0 bridgehead atoms. The highest BCUT2D eigenvalue weighted by Crippen LogP contribution is 2.31. The molecule has 4 atom stereocenters. The Kier molecular flexibility index (Phi) is 4.68. The fraction of sp³-hybridized carbons (Fsp3) is 0.615. The molecule has 3 rings (SSSR count). The largest absolute Gasteiger partial charge is 0.396 e. The Morgan fingerprint density at radius 2 is 2.00 bits per heavy atom. The highest BCUT2D eigenvalue weighted by Gasteiger charge is 2.43. The molecule has 0 aromatic carbocycles. The van der Waals surface area contributed by atoms with Crippen LogP contribution < -0.4 is 5.32 Å². The number of hydrogen-bond donors (Lipinski definition) is 5. The van der Waals surface area contributed by atoms with Crippen LogP contribution in [0.4, 0.5) is 5.82 Å². The molecule has 3 heterocycles. The van der Waals surface area contributed by atoms with Crippen LogP contribution in [0.15, 0.2) is 12.7 Å². The average molecular weight is 325 g/mol. The molecule has 0 aliphatic carbocycles. The van der Waals surface area contributed by atoms with Gasteiger partial charge in [-0.25, -0.2) is 15.0 Å². The summed E-state index contributed by atoms with van der Waals surface area (Å²) in [5.74, 6) is 0.508. The summed E-state index contributed by atoms with van der Waals surface area (Å²) in [6, 6.07) is 0. The van der Waals surface area contributed by atoms with Gasteiger partial charge in [0.1, 0.15) is 24.6 Å². The van der Waals surface area contributed by atoms with Crippen LogP contribution in [0.5, 0.6) is 0 Å². The smallest absolute Gasteiger partial charge is 0.167 e. The van der Waals surface area contributed by atoms with Crippen LogP contribution in [0.2, 0.25) is 0 Å². The van der Waals surface area contributed by atoms with E-state index in [1.165, 1.54) is 17.2 Å². The van der Waals surface area contributed by atoms with Crippen LogP contribution >= 0.6 is 0 Å². The predicted octanol–water partition coefficient (Wildman–Crippen LogP) is -1.77. The lowest BCUT2D eigenvalue weighted by atomic mass is 10.1. The van der Waals surface area contributed by atoms with Crippen molar-refractivity contribution in [2.75, 3.05) is 25.1 Å². The number of rotatable bonds is 6. The number of anilines is 1. The number of nitrogens with one attached hydrogen (secondary N) is 1. The molecule has 126 valence electrons. The summed E-state index contributed by atoms with van der Waals surface area (Å²) in [5.41, 5.74) is 0.921. The molecule has 2 unspecified atom stereocenters. The molecule has 10 heteroatoms. The molecular formula is C13H19N5O5. The van der Waals surface area contributed by atoms with Crippen molar-refractivity contribution in [3.63, 3.8) is 0 Å². The highest BCUT2D eigenvalue weighted by atomic mass is 16.6. The molecule has 1 saturated heterocycles. The lowest BCUT2D eigenvalue weighted by Crippen LogP contribution is -2.33. The standard InChI is InChI=1S/C13H19N5O5/c19-3-1-2-14-11-8-12(16-5-15-11)18(6-17-8)13-10(22)9(21)7(4-20)23-13/h5-7,9-10,13,19-22H,1-4H2,(H,14,15,16)/t7-,9?,10?,13-/m1/s1. The van der Waals surface area contributed by atoms with Crippen LogP contribution in [0, 0.1) is 0 Å². The van der Waals surface area contributed by atoms with Gasteiger partial charge in [-0.1, -0.05) is 0 Å². The topological polar surface area (TPSA) is 146 Å². The average Bonchev–Trinajstić information content (AvgIpc) is 3.11. The minimum atomic E-state index is -1.20. The molecule has 2 aromatic heterocycles. The van der Waals surface area contributed by atoms with E-state index in [-0.39, 0.29) is 6.61 Å². The number of hydrogen-bond acceptors (Lipinski definition) is 9. The van der Waals surface area contributed by atoms with E-state index in [4.69, 9.17) is 9.84 Å². The van der Waals surface area contributed by atoms with Crippen molar-refractivity contribution in [1.29, 1.82) is 0 Å². The van der Waals surface area contributed by atoms with Gasteiger partial charge >= 0.3 is 0 Å². The molecule has 0 spiro atoms. The van der Waals surface area contributed by atoms with E-state index in [2.05, 4.69) is 20.3 Å². The minimum absolute atomic E-state index is 0.0677. The zero-order valence-electron chi connectivity index (χ0n) is 12.3. The van der Waals surface area contributed by atoms with Crippen molar-refractivity contribution in [2.45, 2.75) is 31.0 Å². The molecule has 5 N–H and O–H groups in total. The third-order valence-electron chi connectivity index (χ3n) is 3.78. The molecule has 0 saturated carbocycles. The zero-order chi connectivity index (χ0) is 16.4. The molecule has 1 aliphatic heterocycles. The van der Waals surface area contributed by atoms with Gasteiger partial charge in [0.05, 0.1) is 12.9 Å². The lowest BCUT2D eigenvalue weighted by molar-refractivity contribution is -0.0511. The maximum absolute atomic E-state index is 10.1. The van der Waals surface area contributed by atoms with Crippen LogP contribution in [0.25, 0.3) is 11.2 Å². The Morgan fingerprint density at radius 1 is 1.17 bits per heavy atom. The molecule has 1 fully saturated rings. The minimum Gasteiger partial charge on any atom is -0.396 e. The molecule has 23 heavy (non-hydrogen) atoms. The van der Waals surface area contributed by atoms with Crippen molar-refractivity contribution in [3.8, 4) is 0 Å². The van der Waals surface area contributed by atoms with Crippen LogP contribution in [0.3, 0.4) is 0 Å². The number of aliphatic hydroxyl groups is 4. The second-order valence-electron chi connectivity index (χ2n) is 5.28. The summed E-state index contributed by atoms with van der Waals surface area (Å²) in [6.07, 6.45) is -0.790. The molecule has 0 amide bonds. The van der Waals surface area contributed by atoms with E-state index in [0.29, 0.717) is 29.9 Å². The van der Waals surface area contributed by atoms with E-state index in [0.717, 1.165) is 0 Å². The van der Waals surface area contributed by atoms with E-state index in [9.17, 15) is 15.3 Å². The maximum atomic E-state index is 10.1. The van der Waals surface area contributed by atoms with E-state index in [1.807, 2.05) is 0 Å². The second-order valence-corrected chi connectivity index (χ2v) is 5.28. The third-order valence-corrected chi connectivity index (χ3v) is 3.78. The van der Waals surface area contributed by atoms with Gasteiger partial charge in [-0.05, 0) is 6.42 Å². The summed E-state index contributed by atoms with van der Waals surface area (Å²) in [6.45, 7) is 0.200.